The number of aromatic hydroxyl groups is 1. The van der Waals surface area contributed by atoms with Crippen molar-refractivity contribution in [2.75, 3.05) is 0 Å². The standard InChI is InChI=1S/C9H9FN2O/c1-5(12)6-2-7(4-11)9(13)8(10)3-6/h2-3,5,13H,12H2,1H3. The van der Waals surface area contributed by atoms with E-state index in [0.29, 0.717) is 5.56 Å². The van der Waals surface area contributed by atoms with Crippen molar-refractivity contribution in [3.05, 3.63) is 29.1 Å². The smallest absolute Gasteiger partial charge is 0.169 e. The maximum Gasteiger partial charge on any atom is 0.169 e. The van der Waals surface area contributed by atoms with E-state index in [4.69, 9.17) is 16.1 Å². The summed E-state index contributed by atoms with van der Waals surface area (Å²) >= 11 is 0. The number of nitriles is 1. The van der Waals surface area contributed by atoms with Crippen molar-refractivity contribution < 1.29 is 9.50 Å². The number of rotatable bonds is 1. The van der Waals surface area contributed by atoms with E-state index in [9.17, 15) is 4.39 Å². The third-order valence-corrected chi connectivity index (χ3v) is 1.73. The van der Waals surface area contributed by atoms with E-state index >= 15 is 0 Å². The van der Waals surface area contributed by atoms with Gasteiger partial charge in [-0.2, -0.15) is 5.26 Å². The second-order valence-corrected chi connectivity index (χ2v) is 2.80. The minimum Gasteiger partial charge on any atom is -0.504 e. The van der Waals surface area contributed by atoms with Gasteiger partial charge in [-0.15, -0.1) is 0 Å². The summed E-state index contributed by atoms with van der Waals surface area (Å²) in [5.41, 5.74) is 5.90. The minimum atomic E-state index is -0.814. The molecule has 0 heterocycles. The molecule has 1 unspecified atom stereocenters. The molecule has 0 aromatic heterocycles. The summed E-state index contributed by atoms with van der Waals surface area (Å²) in [6.45, 7) is 1.67. The maximum atomic E-state index is 12.9. The number of phenols is 1. The second kappa shape index (κ2) is 3.42. The zero-order chi connectivity index (χ0) is 10.0. The monoisotopic (exact) mass is 180 g/mol. The number of halogens is 1. The Hall–Kier alpha value is -1.60. The van der Waals surface area contributed by atoms with Crippen LogP contribution in [0, 0.1) is 17.1 Å². The average molecular weight is 180 g/mol. The highest BCUT2D eigenvalue weighted by atomic mass is 19.1. The van der Waals surface area contributed by atoms with E-state index < -0.39 is 11.6 Å². The van der Waals surface area contributed by atoms with Gasteiger partial charge in [0.1, 0.15) is 6.07 Å². The van der Waals surface area contributed by atoms with E-state index in [0.717, 1.165) is 6.07 Å². The van der Waals surface area contributed by atoms with Crippen LogP contribution in [0.3, 0.4) is 0 Å². The molecule has 3 nitrogen and oxygen atoms in total. The van der Waals surface area contributed by atoms with Crippen molar-refractivity contribution in [3.63, 3.8) is 0 Å². The van der Waals surface area contributed by atoms with Crippen LogP contribution in [0.5, 0.6) is 5.75 Å². The molecule has 4 heteroatoms. The molecular weight excluding hydrogens is 171 g/mol. The second-order valence-electron chi connectivity index (χ2n) is 2.80. The number of phenolic OH excluding ortho intramolecular Hbond substituents is 1. The lowest BCUT2D eigenvalue weighted by atomic mass is 10.1. The minimum absolute atomic E-state index is 0.0905. The summed E-state index contributed by atoms with van der Waals surface area (Å²) in [5, 5.41) is 17.6. The van der Waals surface area contributed by atoms with Gasteiger partial charge in [0.2, 0.25) is 0 Å². The molecule has 0 spiro atoms. The Morgan fingerprint density at radius 1 is 1.62 bits per heavy atom. The van der Waals surface area contributed by atoms with Crippen LogP contribution in [-0.4, -0.2) is 5.11 Å². The van der Waals surface area contributed by atoms with Crippen LogP contribution in [-0.2, 0) is 0 Å². The van der Waals surface area contributed by atoms with Crippen molar-refractivity contribution in [3.8, 4) is 11.8 Å². The third-order valence-electron chi connectivity index (χ3n) is 1.73. The van der Waals surface area contributed by atoms with Crippen molar-refractivity contribution in [2.45, 2.75) is 13.0 Å². The van der Waals surface area contributed by atoms with E-state index in [1.807, 2.05) is 0 Å². The summed E-state index contributed by atoms with van der Waals surface area (Å²) in [6.07, 6.45) is 0. The largest absolute Gasteiger partial charge is 0.504 e. The first kappa shape index (κ1) is 9.49. The molecule has 3 N–H and O–H groups in total. The van der Waals surface area contributed by atoms with Gasteiger partial charge in [-0.3, -0.25) is 0 Å². The van der Waals surface area contributed by atoms with Crippen LogP contribution in [0.25, 0.3) is 0 Å². The molecule has 0 aliphatic heterocycles. The van der Waals surface area contributed by atoms with E-state index in [-0.39, 0.29) is 11.6 Å². The summed E-state index contributed by atoms with van der Waals surface area (Å²) in [5.74, 6) is -1.43. The zero-order valence-electron chi connectivity index (χ0n) is 7.08. The average Bonchev–Trinajstić information content (AvgIpc) is 2.09. The predicted molar refractivity (Wildman–Crippen MR) is 45.4 cm³/mol. The molecule has 1 aromatic carbocycles. The van der Waals surface area contributed by atoms with Crippen LogP contribution >= 0.6 is 0 Å². The Bertz CT molecular complexity index is 369. The van der Waals surface area contributed by atoms with Gasteiger partial charge in [-0.1, -0.05) is 0 Å². The molecule has 0 saturated carbocycles. The predicted octanol–water partition coefficient (Wildman–Crippen LogP) is 1.42. The van der Waals surface area contributed by atoms with Crippen LogP contribution < -0.4 is 5.73 Å². The lowest BCUT2D eigenvalue weighted by Gasteiger charge is -2.07. The highest BCUT2D eigenvalue weighted by Gasteiger charge is 2.10. The van der Waals surface area contributed by atoms with Crippen molar-refractivity contribution >= 4 is 0 Å². The molecule has 1 aromatic rings. The number of benzene rings is 1. The highest BCUT2D eigenvalue weighted by molar-refractivity contribution is 5.46. The molecule has 13 heavy (non-hydrogen) atoms. The third kappa shape index (κ3) is 1.76. The lowest BCUT2D eigenvalue weighted by Crippen LogP contribution is -2.05. The molecule has 0 fully saturated rings. The van der Waals surface area contributed by atoms with Crippen molar-refractivity contribution in [2.24, 2.45) is 5.73 Å². The van der Waals surface area contributed by atoms with E-state index in [2.05, 4.69) is 0 Å². The number of hydrogen-bond acceptors (Lipinski definition) is 3. The van der Waals surface area contributed by atoms with Gasteiger partial charge >= 0.3 is 0 Å². The topological polar surface area (TPSA) is 70.0 Å². The first-order chi connectivity index (χ1) is 6.06. The Morgan fingerprint density at radius 3 is 2.69 bits per heavy atom. The van der Waals surface area contributed by atoms with E-state index in [1.165, 1.54) is 6.07 Å². The first-order valence-corrected chi connectivity index (χ1v) is 3.74. The molecule has 0 amide bonds. The van der Waals surface area contributed by atoms with Crippen LogP contribution in [0.1, 0.15) is 24.1 Å². The van der Waals surface area contributed by atoms with Gasteiger partial charge < -0.3 is 10.8 Å². The molecule has 1 atom stereocenters. The fraction of sp³-hybridized carbons (Fsp3) is 0.222. The number of nitrogens with zero attached hydrogens (tertiary/aromatic N) is 1. The molecule has 0 radical (unpaired) electrons. The Kier molecular flexibility index (Phi) is 2.49. The van der Waals surface area contributed by atoms with Gasteiger partial charge in [-0.25, -0.2) is 4.39 Å². The molecule has 1 rings (SSSR count). The Balaban J connectivity index is 3.32. The lowest BCUT2D eigenvalue weighted by molar-refractivity contribution is 0.429. The van der Waals surface area contributed by atoms with Crippen molar-refractivity contribution in [1.29, 1.82) is 5.26 Å². The van der Waals surface area contributed by atoms with Crippen LogP contribution in [0.2, 0.25) is 0 Å². The summed E-state index contributed by atoms with van der Waals surface area (Å²) in [6, 6.07) is 3.83. The van der Waals surface area contributed by atoms with Crippen LogP contribution in [0.15, 0.2) is 12.1 Å². The summed E-state index contributed by atoms with van der Waals surface area (Å²) < 4.78 is 12.9. The summed E-state index contributed by atoms with van der Waals surface area (Å²) in [4.78, 5) is 0. The quantitative estimate of drug-likeness (QED) is 0.686. The zero-order valence-corrected chi connectivity index (χ0v) is 7.08. The van der Waals surface area contributed by atoms with Gasteiger partial charge in [0.25, 0.3) is 0 Å². The summed E-state index contributed by atoms with van der Waals surface area (Å²) in [7, 11) is 0. The fourth-order valence-corrected chi connectivity index (χ4v) is 0.968. The fourth-order valence-electron chi connectivity index (χ4n) is 0.968. The normalized spacial score (nSPS) is 12.2. The van der Waals surface area contributed by atoms with Gasteiger partial charge in [-0.05, 0) is 24.6 Å². The van der Waals surface area contributed by atoms with Crippen molar-refractivity contribution in [1.82, 2.24) is 0 Å². The Labute approximate surface area is 75.2 Å². The number of hydrogen-bond donors (Lipinski definition) is 2. The van der Waals surface area contributed by atoms with Gasteiger partial charge in [0.15, 0.2) is 11.6 Å². The Morgan fingerprint density at radius 2 is 2.23 bits per heavy atom. The first-order valence-electron chi connectivity index (χ1n) is 3.74. The molecule has 68 valence electrons. The number of nitrogens with two attached hydrogens (primary N) is 1. The molecule has 0 aliphatic carbocycles. The van der Waals surface area contributed by atoms with Crippen LogP contribution in [0.4, 0.5) is 4.39 Å². The molecule has 0 bridgehead atoms. The maximum absolute atomic E-state index is 12.9. The molecule has 0 saturated heterocycles. The van der Waals surface area contributed by atoms with Gasteiger partial charge in [0.05, 0.1) is 5.56 Å². The highest BCUT2D eigenvalue weighted by Crippen LogP contribution is 2.24. The van der Waals surface area contributed by atoms with E-state index in [1.54, 1.807) is 13.0 Å². The SMILES string of the molecule is CC(N)c1cc(F)c(O)c(C#N)c1. The molecule has 0 aliphatic rings. The van der Waals surface area contributed by atoms with Gasteiger partial charge in [0, 0.05) is 6.04 Å². The molecular formula is C9H9FN2O.